The zero-order valence-electron chi connectivity index (χ0n) is 11.1. The van der Waals surface area contributed by atoms with Crippen LogP contribution in [0.15, 0.2) is 0 Å². The van der Waals surface area contributed by atoms with Gasteiger partial charge < -0.3 is 15.8 Å². The van der Waals surface area contributed by atoms with Crippen molar-refractivity contribution in [3.63, 3.8) is 0 Å². The van der Waals surface area contributed by atoms with Crippen LogP contribution in [-0.4, -0.2) is 56.2 Å². The first-order chi connectivity index (χ1) is 8.78. The van der Waals surface area contributed by atoms with Crippen molar-refractivity contribution >= 4 is 5.91 Å². The van der Waals surface area contributed by atoms with Gasteiger partial charge >= 0.3 is 0 Å². The Kier molecular flexibility index (Phi) is 5.41. The maximum absolute atomic E-state index is 11.9. The molecule has 0 aliphatic carbocycles. The first-order valence-corrected chi connectivity index (χ1v) is 7.07. The Bertz CT molecular complexity index is 267. The molecular weight excluding hydrogens is 230 g/mol. The first kappa shape index (κ1) is 13.8. The van der Waals surface area contributed by atoms with E-state index in [1.54, 1.807) is 0 Å². The van der Waals surface area contributed by atoms with Crippen LogP contribution >= 0.6 is 0 Å². The highest BCUT2D eigenvalue weighted by Gasteiger charge is 2.22. The third-order valence-corrected chi connectivity index (χ3v) is 3.89. The van der Waals surface area contributed by atoms with Crippen LogP contribution in [0.25, 0.3) is 0 Å². The number of carbonyl (C=O) groups excluding carboxylic acids is 1. The van der Waals surface area contributed by atoms with Crippen molar-refractivity contribution in [3.05, 3.63) is 0 Å². The normalized spacial score (nSPS) is 27.1. The molecule has 5 nitrogen and oxygen atoms in total. The number of likely N-dealkylation sites (tertiary alicyclic amines) is 1. The minimum atomic E-state index is 0.152. The molecule has 104 valence electrons. The summed E-state index contributed by atoms with van der Waals surface area (Å²) in [5.41, 5.74) is 5.70. The molecule has 1 unspecified atom stereocenters. The largest absolute Gasteiger partial charge is 0.381 e. The van der Waals surface area contributed by atoms with Crippen molar-refractivity contribution in [1.29, 1.82) is 0 Å². The Morgan fingerprint density at radius 3 is 2.83 bits per heavy atom. The van der Waals surface area contributed by atoms with Gasteiger partial charge in [0.1, 0.15) is 0 Å². The fourth-order valence-corrected chi connectivity index (χ4v) is 2.81. The van der Waals surface area contributed by atoms with Gasteiger partial charge in [0.05, 0.1) is 6.54 Å². The molecule has 0 radical (unpaired) electrons. The number of nitrogens with zero attached hydrogens (tertiary/aromatic N) is 1. The zero-order chi connectivity index (χ0) is 12.8. The van der Waals surface area contributed by atoms with E-state index >= 15 is 0 Å². The van der Waals surface area contributed by atoms with Gasteiger partial charge in [0.2, 0.25) is 5.91 Å². The topological polar surface area (TPSA) is 67.6 Å². The predicted octanol–water partition coefficient (Wildman–Crippen LogP) is -0.0477. The summed E-state index contributed by atoms with van der Waals surface area (Å²) in [6, 6.07) is 0.307. The van der Waals surface area contributed by atoms with E-state index in [0.717, 1.165) is 52.1 Å². The van der Waals surface area contributed by atoms with Crippen LogP contribution < -0.4 is 11.1 Å². The molecule has 0 bridgehead atoms. The van der Waals surface area contributed by atoms with Crippen molar-refractivity contribution in [2.45, 2.75) is 31.7 Å². The molecule has 2 rings (SSSR count). The Balaban J connectivity index is 1.69. The monoisotopic (exact) mass is 255 g/mol. The van der Waals surface area contributed by atoms with Gasteiger partial charge in [-0.2, -0.15) is 0 Å². The molecule has 0 aromatic heterocycles. The molecule has 0 saturated carbocycles. The molecule has 2 saturated heterocycles. The molecule has 1 atom stereocenters. The smallest absolute Gasteiger partial charge is 0.234 e. The van der Waals surface area contributed by atoms with Gasteiger partial charge in [-0.15, -0.1) is 0 Å². The Labute approximate surface area is 109 Å². The molecule has 5 heteroatoms. The predicted molar refractivity (Wildman–Crippen MR) is 70.2 cm³/mol. The van der Waals surface area contributed by atoms with Gasteiger partial charge in [-0.25, -0.2) is 0 Å². The van der Waals surface area contributed by atoms with E-state index in [9.17, 15) is 4.79 Å². The summed E-state index contributed by atoms with van der Waals surface area (Å²) in [6.45, 7) is 4.79. The van der Waals surface area contributed by atoms with Gasteiger partial charge in [0.15, 0.2) is 0 Å². The highest BCUT2D eigenvalue weighted by Crippen LogP contribution is 2.14. The molecular formula is C13H25N3O2. The third kappa shape index (κ3) is 4.23. The number of ether oxygens (including phenoxy) is 1. The van der Waals surface area contributed by atoms with Crippen LogP contribution in [0.2, 0.25) is 0 Å². The number of nitrogens with one attached hydrogen (secondary N) is 1. The summed E-state index contributed by atoms with van der Waals surface area (Å²) in [4.78, 5) is 14.2. The minimum Gasteiger partial charge on any atom is -0.381 e. The molecule has 3 N–H and O–H groups in total. The second kappa shape index (κ2) is 7.07. The van der Waals surface area contributed by atoms with Gasteiger partial charge in [0, 0.05) is 25.8 Å². The van der Waals surface area contributed by atoms with Crippen molar-refractivity contribution in [1.82, 2.24) is 10.2 Å². The van der Waals surface area contributed by atoms with Crippen molar-refractivity contribution < 1.29 is 9.53 Å². The summed E-state index contributed by atoms with van der Waals surface area (Å²) >= 11 is 0. The summed E-state index contributed by atoms with van der Waals surface area (Å²) in [6.07, 6.45) is 4.25. The van der Waals surface area contributed by atoms with Gasteiger partial charge in [-0.05, 0) is 44.7 Å². The van der Waals surface area contributed by atoms with E-state index in [0.29, 0.717) is 18.5 Å². The zero-order valence-corrected chi connectivity index (χ0v) is 11.1. The maximum Gasteiger partial charge on any atom is 0.234 e. The first-order valence-electron chi connectivity index (χ1n) is 7.07. The quantitative estimate of drug-likeness (QED) is 0.739. The summed E-state index contributed by atoms with van der Waals surface area (Å²) in [7, 11) is 0. The average Bonchev–Trinajstić information content (AvgIpc) is 2.40. The summed E-state index contributed by atoms with van der Waals surface area (Å²) in [5.74, 6) is 0.717. The lowest BCUT2D eigenvalue weighted by molar-refractivity contribution is -0.124. The van der Waals surface area contributed by atoms with E-state index < -0.39 is 0 Å². The second-order valence-corrected chi connectivity index (χ2v) is 5.43. The van der Waals surface area contributed by atoms with E-state index in [4.69, 9.17) is 10.5 Å². The number of rotatable bonds is 4. The van der Waals surface area contributed by atoms with Crippen molar-refractivity contribution in [2.75, 3.05) is 39.4 Å². The van der Waals surface area contributed by atoms with E-state index in [1.165, 1.54) is 6.42 Å². The van der Waals surface area contributed by atoms with Crippen LogP contribution in [0.1, 0.15) is 25.7 Å². The molecule has 0 spiro atoms. The second-order valence-electron chi connectivity index (χ2n) is 5.43. The maximum atomic E-state index is 11.9. The fourth-order valence-electron chi connectivity index (χ4n) is 2.81. The standard InChI is InChI=1S/C13H25N3O2/c14-8-11-2-1-5-16(9-11)10-13(17)15-12-3-6-18-7-4-12/h11-12H,1-10,14H2,(H,15,17). The number of hydrogen-bond donors (Lipinski definition) is 2. The lowest BCUT2D eigenvalue weighted by Crippen LogP contribution is -2.47. The van der Waals surface area contributed by atoms with Gasteiger partial charge in [0.25, 0.3) is 0 Å². The van der Waals surface area contributed by atoms with Crippen molar-refractivity contribution in [3.8, 4) is 0 Å². The Hall–Kier alpha value is -0.650. The van der Waals surface area contributed by atoms with Crippen molar-refractivity contribution in [2.24, 2.45) is 11.7 Å². The molecule has 2 fully saturated rings. The van der Waals surface area contributed by atoms with Crippen LogP contribution in [0.3, 0.4) is 0 Å². The molecule has 2 aliphatic heterocycles. The summed E-state index contributed by atoms with van der Waals surface area (Å²) in [5, 5.41) is 3.11. The van der Waals surface area contributed by atoms with Crippen LogP contribution in [0.5, 0.6) is 0 Å². The van der Waals surface area contributed by atoms with E-state index in [2.05, 4.69) is 10.2 Å². The SMILES string of the molecule is NCC1CCCN(CC(=O)NC2CCOCC2)C1. The van der Waals surface area contributed by atoms with Crippen LogP contribution in [-0.2, 0) is 9.53 Å². The molecule has 18 heavy (non-hydrogen) atoms. The number of amides is 1. The molecule has 2 heterocycles. The highest BCUT2D eigenvalue weighted by atomic mass is 16.5. The molecule has 0 aromatic carbocycles. The number of carbonyl (C=O) groups is 1. The van der Waals surface area contributed by atoms with Gasteiger partial charge in [-0.1, -0.05) is 0 Å². The number of nitrogens with two attached hydrogens (primary N) is 1. The van der Waals surface area contributed by atoms with Gasteiger partial charge in [-0.3, -0.25) is 9.69 Å². The number of hydrogen-bond acceptors (Lipinski definition) is 4. The lowest BCUT2D eigenvalue weighted by Gasteiger charge is -2.32. The van der Waals surface area contributed by atoms with E-state index in [-0.39, 0.29) is 5.91 Å². The van der Waals surface area contributed by atoms with Crippen LogP contribution in [0, 0.1) is 5.92 Å². The third-order valence-electron chi connectivity index (χ3n) is 3.89. The molecule has 0 aromatic rings. The lowest BCUT2D eigenvalue weighted by atomic mass is 9.98. The Morgan fingerprint density at radius 1 is 1.33 bits per heavy atom. The molecule has 2 aliphatic rings. The average molecular weight is 255 g/mol. The summed E-state index contributed by atoms with van der Waals surface area (Å²) < 4.78 is 5.28. The Morgan fingerprint density at radius 2 is 2.11 bits per heavy atom. The minimum absolute atomic E-state index is 0.152. The van der Waals surface area contributed by atoms with Crippen LogP contribution in [0.4, 0.5) is 0 Å². The highest BCUT2D eigenvalue weighted by molar-refractivity contribution is 5.78. The fraction of sp³-hybridized carbons (Fsp3) is 0.923. The molecule has 1 amide bonds. The number of piperidine rings is 1. The van der Waals surface area contributed by atoms with E-state index in [1.807, 2.05) is 0 Å².